The maximum atomic E-state index is 12.7. The van der Waals surface area contributed by atoms with Crippen molar-refractivity contribution in [1.29, 1.82) is 0 Å². The molecule has 2 rings (SSSR count). The molecule has 0 saturated carbocycles. The Morgan fingerprint density at radius 2 is 1.95 bits per heavy atom. The van der Waals surface area contributed by atoms with E-state index in [1.807, 2.05) is 0 Å². The van der Waals surface area contributed by atoms with Crippen LogP contribution in [0.2, 0.25) is 0 Å². The Hall–Kier alpha value is -2.57. The third kappa shape index (κ3) is 3.05. The average Bonchev–Trinajstić information content (AvgIpc) is 2.40. The predicted molar refractivity (Wildman–Crippen MR) is 68.0 cm³/mol. The second kappa shape index (κ2) is 5.20. The Morgan fingerprint density at radius 1 is 1.20 bits per heavy atom. The summed E-state index contributed by atoms with van der Waals surface area (Å²) >= 11 is 0. The molecule has 1 amide bonds. The van der Waals surface area contributed by atoms with Gasteiger partial charge in [-0.15, -0.1) is 0 Å². The molecule has 0 unspecified atom stereocenters. The van der Waals surface area contributed by atoms with Crippen LogP contribution in [0.15, 0.2) is 42.6 Å². The lowest BCUT2D eigenvalue weighted by Gasteiger charge is -2.12. The zero-order valence-corrected chi connectivity index (χ0v) is 10.1. The number of hydrogen-bond donors (Lipinski definition) is 2. The summed E-state index contributed by atoms with van der Waals surface area (Å²) in [4.78, 5) is 15.6. The van der Waals surface area contributed by atoms with E-state index in [4.69, 9.17) is 5.73 Å². The number of carbonyl (C=O) groups excluding carboxylic acids is 1. The van der Waals surface area contributed by atoms with Crippen molar-refractivity contribution in [1.82, 2.24) is 4.98 Å². The summed E-state index contributed by atoms with van der Waals surface area (Å²) in [5, 5.41) is 2.34. The first-order valence-corrected chi connectivity index (χ1v) is 5.57. The van der Waals surface area contributed by atoms with Crippen LogP contribution >= 0.6 is 0 Å². The Bertz CT molecular complexity index is 627. The first kappa shape index (κ1) is 13.9. The SMILES string of the molecule is Nc1ccc(NC(=O)c2ccccn2)cc1C(F)(F)F. The van der Waals surface area contributed by atoms with Crippen LogP contribution < -0.4 is 11.1 Å². The van der Waals surface area contributed by atoms with Gasteiger partial charge >= 0.3 is 6.18 Å². The molecule has 2 aromatic rings. The van der Waals surface area contributed by atoms with Gasteiger partial charge in [0.2, 0.25) is 0 Å². The largest absolute Gasteiger partial charge is 0.418 e. The highest BCUT2D eigenvalue weighted by atomic mass is 19.4. The molecule has 4 nitrogen and oxygen atoms in total. The minimum Gasteiger partial charge on any atom is -0.398 e. The smallest absolute Gasteiger partial charge is 0.398 e. The monoisotopic (exact) mass is 281 g/mol. The summed E-state index contributed by atoms with van der Waals surface area (Å²) in [6.45, 7) is 0. The molecule has 0 saturated heterocycles. The lowest BCUT2D eigenvalue weighted by Crippen LogP contribution is -2.15. The molecular formula is C13H10F3N3O. The Balaban J connectivity index is 2.25. The lowest BCUT2D eigenvalue weighted by molar-refractivity contribution is -0.136. The highest BCUT2D eigenvalue weighted by Gasteiger charge is 2.33. The van der Waals surface area contributed by atoms with Crippen molar-refractivity contribution in [2.75, 3.05) is 11.1 Å². The minimum absolute atomic E-state index is 0.00202. The number of carbonyl (C=O) groups is 1. The molecule has 0 spiro atoms. The molecule has 104 valence electrons. The summed E-state index contributed by atoms with van der Waals surface area (Å²) in [6.07, 6.45) is -3.16. The van der Waals surface area contributed by atoms with Crippen molar-refractivity contribution in [2.24, 2.45) is 0 Å². The molecule has 1 aromatic carbocycles. The van der Waals surface area contributed by atoms with E-state index >= 15 is 0 Å². The summed E-state index contributed by atoms with van der Waals surface area (Å²) in [5.41, 5.74) is 4.00. The number of anilines is 2. The fraction of sp³-hybridized carbons (Fsp3) is 0.0769. The number of hydrogen-bond acceptors (Lipinski definition) is 3. The summed E-state index contributed by atoms with van der Waals surface area (Å²) in [6, 6.07) is 7.86. The number of pyridine rings is 1. The zero-order valence-electron chi connectivity index (χ0n) is 10.1. The number of nitrogens with two attached hydrogens (primary N) is 1. The molecule has 1 aromatic heterocycles. The normalized spacial score (nSPS) is 11.2. The number of rotatable bonds is 2. The number of nitrogens with zero attached hydrogens (tertiary/aromatic N) is 1. The van der Waals surface area contributed by atoms with E-state index in [2.05, 4.69) is 10.3 Å². The number of aromatic nitrogens is 1. The molecule has 0 aliphatic heterocycles. The number of amides is 1. The molecule has 0 radical (unpaired) electrons. The van der Waals surface area contributed by atoms with Crippen LogP contribution in [0.3, 0.4) is 0 Å². The summed E-state index contributed by atoms with van der Waals surface area (Å²) in [5.74, 6) is -0.594. The minimum atomic E-state index is -4.57. The number of benzene rings is 1. The van der Waals surface area contributed by atoms with Gasteiger partial charge in [0, 0.05) is 17.6 Å². The van der Waals surface area contributed by atoms with Crippen LogP contribution in [0.4, 0.5) is 24.5 Å². The molecule has 0 aliphatic carbocycles. The highest BCUT2D eigenvalue weighted by molar-refractivity contribution is 6.02. The molecule has 3 N–H and O–H groups in total. The van der Waals surface area contributed by atoms with Crippen molar-refractivity contribution >= 4 is 17.3 Å². The van der Waals surface area contributed by atoms with Crippen LogP contribution in [0.5, 0.6) is 0 Å². The Morgan fingerprint density at radius 3 is 2.55 bits per heavy atom. The van der Waals surface area contributed by atoms with E-state index in [1.54, 1.807) is 12.1 Å². The first-order chi connectivity index (χ1) is 9.38. The lowest BCUT2D eigenvalue weighted by atomic mass is 10.1. The van der Waals surface area contributed by atoms with Gasteiger partial charge in [0.15, 0.2) is 0 Å². The van der Waals surface area contributed by atoms with Crippen molar-refractivity contribution in [3.8, 4) is 0 Å². The van der Waals surface area contributed by atoms with Gasteiger partial charge in [-0.3, -0.25) is 9.78 Å². The number of nitrogen functional groups attached to an aromatic ring is 1. The number of alkyl halides is 3. The van der Waals surface area contributed by atoms with Crippen LogP contribution in [0.25, 0.3) is 0 Å². The quantitative estimate of drug-likeness (QED) is 0.832. The fourth-order valence-electron chi connectivity index (χ4n) is 1.57. The molecule has 1 heterocycles. The van der Waals surface area contributed by atoms with Crippen LogP contribution in [0, 0.1) is 0 Å². The van der Waals surface area contributed by atoms with Gasteiger partial charge in [0.1, 0.15) is 5.69 Å². The second-order valence-corrected chi connectivity index (χ2v) is 3.97. The Kier molecular flexibility index (Phi) is 3.60. The van der Waals surface area contributed by atoms with Gasteiger partial charge < -0.3 is 11.1 Å². The van der Waals surface area contributed by atoms with Crippen LogP contribution in [0.1, 0.15) is 16.1 Å². The van der Waals surface area contributed by atoms with Gasteiger partial charge in [0.05, 0.1) is 5.56 Å². The van der Waals surface area contributed by atoms with Crippen molar-refractivity contribution in [3.63, 3.8) is 0 Å². The molecule has 0 fully saturated rings. The summed E-state index contributed by atoms with van der Waals surface area (Å²) in [7, 11) is 0. The van der Waals surface area contributed by atoms with E-state index < -0.39 is 23.3 Å². The van der Waals surface area contributed by atoms with Gasteiger partial charge in [-0.25, -0.2) is 0 Å². The predicted octanol–water partition coefficient (Wildman–Crippen LogP) is 2.93. The maximum absolute atomic E-state index is 12.7. The second-order valence-electron chi connectivity index (χ2n) is 3.97. The van der Waals surface area contributed by atoms with E-state index in [-0.39, 0.29) is 11.4 Å². The standard InChI is InChI=1S/C13H10F3N3O/c14-13(15,16)9-7-8(4-5-10(9)17)19-12(20)11-3-1-2-6-18-11/h1-7H,17H2,(H,19,20). The maximum Gasteiger partial charge on any atom is 0.418 e. The van der Waals surface area contributed by atoms with Crippen molar-refractivity contribution in [2.45, 2.75) is 6.18 Å². The van der Waals surface area contributed by atoms with E-state index in [9.17, 15) is 18.0 Å². The van der Waals surface area contributed by atoms with Crippen LogP contribution in [-0.4, -0.2) is 10.9 Å². The zero-order chi connectivity index (χ0) is 14.8. The molecular weight excluding hydrogens is 271 g/mol. The summed E-state index contributed by atoms with van der Waals surface area (Å²) < 4.78 is 38.1. The first-order valence-electron chi connectivity index (χ1n) is 5.57. The number of halogens is 3. The average molecular weight is 281 g/mol. The Labute approximate surface area is 112 Å². The van der Waals surface area contributed by atoms with E-state index in [0.29, 0.717) is 0 Å². The van der Waals surface area contributed by atoms with Gasteiger partial charge in [-0.05, 0) is 30.3 Å². The molecule has 20 heavy (non-hydrogen) atoms. The number of nitrogens with one attached hydrogen (secondary N) is 1. The van der Waals surface area contributed by atoms with E-state index in [0.717, 1.165) is 12.1 Å². The fourth-order valence-corrected chi connectivity index (χ4v) is 1.57. The molecule has 0 bridgehead atoms. The van der Waals surface area contributed by atoms with E-state index in [1.165, 1.54) is 18.3 Å². The molecule has 7 heteroatoms. The third-order valence-corrected chi connectivity index (χ3v) is 2.51. The highest BCUT2D eigenvalue weighted by Crippen LogP contribution is 2.35. The topological polar surface area (TPSA) is 68.0 Å². The van der Waals surface area contributed by atoms with Crippen molar-refractivity contribution in [3.05, 3.63) is 53.9 Å². The van der Waals surface area contributed by atoms with Crippen LogP contribution in [-0.2, 0) is 6.18 Å². The molecule has 0 aliphatic rings. The van der Waals surface area contributed by atoms with Gasteiger partial charge in [-0.1, -0.05) is 6.07 Å². The molecule has 0 atom stereocenters. The van der Waals surface area contributed by atoms with Gasteiger partial charge in [0.25, 0.3) is 5.91 Å². The van der Waals surface area contributed by atoms with Crippen molar-refractivity contribution < 1.29 is 18.0 Å². The third-order valence-electron chi connectivity index (χ3n) is 2.51. The van der Waals surface area contributed by atoms with Gasteiger partial charge in [-0.2, -0.15) is 13.2 Å².